The Hall–Kier alpha value is -2.58. The number of anilines is 1. The summed E-state index contributed by atoms with van der Waals surface area (Å²) in [5, 5.41) is 0.861. The molecule has 1 aliphatic rings. The molecule has 0 radical (unpaired) electrons. The molecule has 0 spiro atoms. The third kappa shape index (κ3) is 3.82. The van der Waals surface area contributed by atoms with Crippen molar-refractivity contribution in [2.24, 2.45) is 0 Å². The lowest BCUT2D eigenvalue weighted by Gasteiger charge is -2.40. The second-order valence-corrected chi connectivity index (χ2v) is 9.16. The Kier molecular flexibility index (Phi) is 5.23. The highest BCUT2D eigenvalue weighted by molar-refractivity contribution is 7.21. The molecular weight excluding hydrogens is 384 g/mol. The molecular formula is C21H26N6OS. The number of hydrogen-bond donors (Lipinski definition) is 1. The number of piperidine rings is 1. The number of likely N-dealkylation sites (tertiary alicyclic amines) is 1. The van der Waals surface area contributed by atoms with Gasteiger partial charge in [-0.3, -0.25) is 19.7 Å². The van der Waals surface area contributed by atoms with E-state index in [2.05, 4.69) is 27.9 Å². The first-order chi connectivity index (χ1) is 13.9. The van der Waals surface area contributed by atoms with Crippen LogP contribution in [0.4, 0.5) is 5.69 Å². The Morgan fingerprint density at radius 2 is 2.17 bits per heavy atom. The van der Waals surface area contributed by atoms with Crippen molar-refractivity contribution >= 4 is 33.1 Å². The second kappa shape index (κ2) is 7.68. The van der Waals surface area contributed by atoms with E-state index in [1.807, 2.05) is 12.3 Å². The van der Waals surface area contributed by atoms with E-state index in [4.69, 9.17) is 10.7 Å². The Labute approximate surface area is 174 Å². The smallest absolute Gasteiger partial charge is 0.265 e. The summed E-state index contributed by atoms with van der Waals surface area (Å²) < 4.78 is 0. The van der Waals surface area contributed by atoms with Gasteiger partial charge in [0.25, 0.3) is 5.91 Å². The van der Waals surface area contributed by atoms with Gasteiger partial charge in [-0.05, 0) is 31.5 Å². The van der Waals surface area contributed by atoms with Gasteiger partial charge in [0.2, 0.25) is 0 Å². The third-order valence-electron chi connectivity index (χ3n) is 5.59. The second-order valence-electron chi connectivity index (χ2n) is 8.17. The first-order valence-electron chi connectivity index (χ1n) is 9.76. The molecule has 8 heteroatoms. The molecule has 3 aromatic heterocycles. The largest absolute Gasteiger partial charge is 0.397 e. The van der Waals surface area contributed by atoms with Crippen molar-refractivity contribution in [1.82, 2.24) is 24.8 Å². The summed E-state index contributed by atoms with van der Waals surface area (Å²) in [7, 11) is 3.47. The lowest BCUT2D eigenvalue weighted by Crippen LogP contribution is -2.44. The van der Waals surface area contributed by atoms with E-state index < -0.39 is 0 Å². The van der Waals surface area contributed by atoms with Crippen molar-refractivity contribution < 1.29 is 4.79 Å². The highest BCUT2D eigenvalue weighted by Crippen LogP contribution is 2.38. The zero-order valence-corrected chi connectivity index (χ0v) is 17.9. The number of hydrogen-bond acceptors (Lipinski definition) is 7. The number of nitrogens with zero attached hydrogens (tertiary/aromatic N) is 5. The topological polar surface area (TPSA) is 88.2 Å². The van der Waals surface area contributed by atoms with Crippen LogP contribution in [-0.2, 0) is 12.0 Å². The van der Waals surface area contributed by atoms with Crippen LogP contribution in [0.3, 0.4) is 0 Å². The number of fused-ring (bicyclic) bond motifs is 1. The molecule has 4 rings (SSSR count). The number of carbonyl (C=O) groups excluding carboxylic acids is 1. The van der Waals surface area contributed by atoms with Crippen molar-refractivity contribution in [1.29, 1.82) is 0 Å². The van der Waals surface area contributed by atoms with Crippen LogP contribution < -0.4 is 5.73 Å². The monoisotopic (exact) mass is 410 g/mol. The minimum atomic E-state index is -0.0777. The molecule has 2 N–H and O–H groups in total. The fourth-order valence-corrected chi connectivity index (χ4v) is 5.14. The average Bonchev–Trinajstić information content (AvgIpc) is 3.04. The van der Waals surface area contributed by atoms with E-state index in [-0.39, 0.29) is 11.3 Å². The third-order valence-corrected chi connectivity index (χ3v) is 6.69. The van der Waals surface area contributed by atoms with Crippen molar-refractivity contribution in [3.8, 4) is 0 Å². The SMILES string of the molecule is CN(C)C(=O)c1sc2nc([C@]3(C)CCCN(Cc4cnccn4)C3)ccc2c1N. The maximum atomic E-state index is 12.4. The summed E-state index contributed by atoms with van der Waals surface area (Å²) in [5.41, 5.74) is 8.76. The van der Waals surface area contributed by atoms with Gasteiger partial charge in [0.15, 0.2) is 0 Å². The van der Waals surface area contributed by atoms with Crippen molar-refractivity contribution in [2.45, 2.75) is 31.7 Å². The van der Waals surface area contributed by atoms with Gasteiger partial charge in [0.1, 0.15) is 9.71 Å². The molecule has 0 aliphatic carbocycles. The predicted molar refractivity (Wildman–Crippen MR) is 116 cm³/mol. The lowest BCUT2D eigenvalue weighted by molar-refractivity contribution is 0.0833. The van der Waals surface area contributed by atoms with Gasteiger partial charge in [-0.15, -0.1) is 11.3 Å². The van der Waals surface area contributed by atoms with Crippen LogP contribution in [0, 0.1) is 0 Å². The Bertz CT molecular complexity index is 1030. The molecule has 1 aliphatic heterocycles. The van der Waals surface area contributed by atoms with Gasteiger partial charge in [-0.25, -0.2) is 4.98 Å². The van der Waals surface area contributed by atoms with Crippen LogP contribution in [0.15, 0.2) is 30.7 Å². The van der Waals surface area contributed by atoms with E-state index in [1.54, 1.807) is 31.4 Å². The number of carbonyl (C=O) groups is 1. The zero-order valence-electron chi connectivity index (χ0n) is 17.1. The van der Waals surface area contributed by atoms with Gasteiger partial charge in [0, 0.05) is 62.3 Å². The minimum absolute atomic E-state index is 0.0564. The standard InChI is InChI=1S/C21H26N6OS/c1-21(7-4-10-27(13-21)12-14-11-23-8-9-24-14)16-6-5-15-17(22)18(20(28)26(2)3)29-19(15)25-16/h5-6,8-9,11H,4,7,10,12-13,22H2,1-3H3/t21-/m1/s1. The average molecular weight is 411 g/mol. The molecule has 1 atom stereocenters. The van der Waals surface area contributed by atoms with Gasteiger partial charge in [0.05, 0.1) is 11.4 Å². The molecule has 29 heavy (non-hydrogen) atoms. The maximum Gasteiger partial charge on any atom is 0.265 e. The molecule has 0 saturated carbocycles. The van der Waals surface area contributed by atoms with Crippen LogP contribution >= 0.6 is 11.3 Å². The van der Waals surface area contributed by atoms with E-state index in [9.17, 15) is 4.79 Å². The van der Waals surface area contributed by atoms with Crippen LogP contribution in [0.1, 0.15) is 40.8 Å². The first kappa shape index (κ1) is 19.7. The van der Waals surface area contributed by atoms with Crippen molar-refractivity contribution in [2.75, 3.05) is 32.9 Å². The minimum Gasteiger partial charge on any atom is -0.397 e. The van der Waals surface area contributed by atoms with Gasteiger partial charge >= 0.3 is 0 Å². The summed E-state index contributed by atoms with van der Waals surface area (Å²) in [4.78, 5) is 31.3. The molecule has 0 unspecified atom stereocenters. The fraction of sp³-hybridized carbons (Fsp3) is 0.429. The van der Waals surface area contributed by atoms with Crippen molar-refractivity contribution in [3.05, 3.63) is 47.0 Å². The molecule has 7 nitrogen and oxygen atoms in total. The Balaban J connectivity index is 1.61. The summed E-state index contributed by atoms with van der Waals surface area (Å²) >= 11 is 1.38. The van der Waals surface area contributed by atoms with Gasteiger partial charge in [-0.2, -0.15) is 0 Å². The number of rotatable bonds is 4. The predicted octanol–water partition coefficient (Wildman–Crippen LogP) is 2.92. The van der Waals surface area contributed by atoms with Crippen LogP contribution in [-0.4, -0.2) is 57.8 Å². The van der Waals surface area contributed by atoms with Crippen LogP contribution in [0.25, 0.3) is 10.2 Å². The number of amides is 1. The van der Waals surface area contributed by atoms with Crippen LogP contribution in [0.5, 0.6) is 0 Å². The normalized spacial score (nSPS) is 20.1. The Morgan fingerprint density at radius 1 is 1.34 bits per heavy atom. The number of aromatic nitrogens is 3. The maximum absolute atomic E-state index is 12.4. The molecule has 152 valence electrons. The van der Waals surface area contributed by atoms with Gasteiger partial charge < -0.3 is 10.6 Å². The molecule has 0 aromatic carbocycles. The number of pyridine rings is 1. The van der Waals surface area contributed by atoms with Crippen LogP contribution in [0.2, 0.25) is 0 Å². The first-order valence-corrected chi connectivity index (χ1v) is 10.6. The van der Waals surface area contributed by atoms with Crippen molar-refractivity contribution in [3.63, 3.8) is 0 Å². The molecule has 1 amide bonds. The highest BCUT2D eigenvalue weighted by Gasteiger charge is 2.34. The molecule has 1 fully saturated rings. The van der Waals surface area contributed by atoms with Gasteiger partial charge in [-0.1, -0.05) is 6.92 Å². The number of nitrogen functional groups attached to an aromatic ring is 1. The van der Waals surface area contributed by atoms with E-state index in [1.165, 1.54) is 11.3 Å². The summed E-state index contributed by atoms with van der Waals surface area (Å²) in [6.07, 6.45) is 7.45. The molecule has 4 heterocycles. The summed E-state index contributed by atoms with van der Waals surface area (Å²) in [6, 6.07) is 4.09. The van der Waals surface area contributed by atoms with E-state index >= 15 is 0 Å². The summed E-state index contributed by atoms with van der Waals surface area (Å²) in [6.45, 7) is 5.01. The van der Waals surface area contributed by atoms with E-state index in [0.717, 1.165) is 54.1 Å². The Morgan fingerprint density at radius 3 is 2.90 bits per heavy atom. The zero-order chi connectivity index (χ0) is 20.6. The fourth-order valence-electron chi connectivity index (χ4n) is 4.02. The highest BCUT2D eigenvalue weighted by atomic mass is 32.1. The lowest BCUT2D eigenvalue weighted by atomic mass is 9.78. The quantitative estimate of drug-likeness (QED) is 0.711. The number of nitrogens with two attached hydrogens (primary N) is 1. The molecule has 1 saturated heterocycles. The number of thiophene rings is 1. The molecule has 3 aromatic rings. The summed E-state index contributed by atoms with van der Waals surface area (Å²) in [5.74, 6) is -0.0777. The molecule has 0 bridgehead atoms. The van der Waals surface area contributed by atoms with E-state index in [0.29, 0.717) is 10.6 Å².